The fourth-order valence-corrected chi connectivity index (χ4v) is 7.79. The van der Waals surface area contributed by atoms with Crippen molar-refractivity contribution in [3.05, 3.63) is 63.8 Å². The maximum atomic E-state index is 14.9. The van der Waals surface area contributed by atoms with Crippen LogP contribution in [0, 0.1) is 5.92 Å². The van der Waals surface area contributed by atoms with Gasteiger partial charge in [0, 0.05) is 43.0 Å². The molecule has 252 valence electrons. The van der Waals surface area contributed by atoms with Gasteiger partial charge >= 0.3 is 5.97 Å². The molecule has 10 nitrogen and oxygen atoms in total. The summed E-state index contributed by atoms with van der Waals surface area (Å²) in [6, 6.07) is 10.4. The van der Waals surface area contributed by atoms with Crippen LogP contribution >= 0.6 is 23.2 Å². The third kappa shape index (κ3) is 7.09. The van der Waals surface area contributed by atoms with E-state index in [0.29, 0.717) is 79.6 Å². The number of para-hydroxylation sites is 1. The number of carbonyl (C=O) groups is 3. The summed E-state index contributed by atoms with van der Waals surface area (Å²) >= 11 is 13.5. The van der Waals surface area contributed by atoms with Crippen LogP contribution < -0.4 is 5.32 Å². The third-order valence-electron chi connectivity index (χ3n) is 9.56. The Hall–Kier alpha value is -2.99. The molecule has 1 amide bonds. The lowest BCUT2D eigenvalue weighted by atomic mass is 9.87. The summed E-state index contributed by atoms with van der Waals surface area (Å²) in [7, 11) is 0. The number of morpholine rings is 1. The Balaban J connectivity index is 1.29. The van der Waals surface area contributed by atoms with E-state index >= 15 is 0 Å². The largest absolute Gasteiger partial charge is 0.481 e. The first-order valence-electron chi connectivity index (χ1n) is 16.4. The van der Waals surface area contributed by atoms with E-state index in [-0.39, 0.29) is 40.6 Å². The van der Waals surface area contributed by atoms with Gasteiger partial charge in [0.1, 0.15) is 11.8 Å². The first-order chi connectivity index (χ1) is 22.5. The van der Waals surface area contributed by atoms with Crippen molar-refractivity contribution < 1.29 is 33.4 Å². The van der Waals surface area contributed by atoms with Crippen LogP contribution in [0.2, 0.25) is 10.0 Å². The Morgan fingerprint density at radius 3 is 2.34 bits per heavy atom. The first kappa shape index (κ1) is 33.9. The van der Waals surface area contributed by atoms with Crippen molar-refractivity contribution in [1.29, 1.82) is 0 Å². The fraction of sp³-hybridized carbons (Fsp3) is 0.514. The number of halogens is 2. The predicted molar refractivity (Wildman–Crippen MR) is 179 cm³/mol. The van der Waals surface area contributed by atoms with E-state index < -0.39 is 23.6 Å². The van der Waals surface area contributed by atoms with Crippen molar-refractivity contribution in [1.82, 2.24) is 9.80 Å². The standard InChI is InChI=1S/C35H41Cl2N3O7/c1-21-18-40(19-22(2)46-21)35(39-13-5-6-14-39,47-25-11-9-23(10-12-25)34(43)44)32(41)16-24-15-29(37)30(17-28(24)36)38-33(42)27-20-45-31-8-4-3-7-26(27)31/h3-4,7-8,15,17,20-23,25H,5-6,9-14,16,18-19H2,1-2H3,(H,38,42)(H,43,44)/t21-,22+,23?,25?,35?. The van der Waals surface area contributed by atoms with Gasteiger partial charge in [-0.05, 0) is 76.1 Å². The number of carboxylic acid groups (broad SMARTS) is 1. The normalized spacial score (nSPS) is 25.4. The second kappa shape index (κ2) is 14.2. The maximum absolute atomic E-state index is 14.9. The number of amides is 1. The summed E-state index contributed by atoms with van der Waals surface area (Å²) in [5.41, 5.74) is 1.80. The summed E-state index contributed by atoms with van der Waals surface area (Å²) in [6.07, 6.45) is 4.83. The molecule has 2 aromatic carbocycles. The maximum Gasteiger partial charge on any atom is 0.306 e. The van der Waals surface area contributed by atoms with E-state index in [0.717, 1.165) is 12.8 Å². The van der Waals surface area contributed by atoms with Crippen molar-refractivity contribution in [3.8, 4) is 0 Å². The number of aliphatic carboxylic acids is 1. The van der Waals surface area contributed by atoms with E-state index in [1.807, 2.05) is 26.0 Å². The molecule has 3 heterocycles. The van der Waals surface area contributed by atoms with Crippen LogP contribution in [0.15, 0.2) is 47.1 Å². The highest BCUT2D eigenvalue weighted by Crippen LogP contribution is 2.39. The van der Waals surface area contributed by atoms with Gasteiger partial charge in [-0.25, -0.2) is 0 Å². The molecule has 0 spiro atoms. The molecule has 3 fully saturated rings. The van der Waals surface area contributed by atoms with Crippen LogP contribution in [0.25, 0.3) is 11.0 Å². The van der Waals surface area contributed by atoms with E-state index in [2.05, 4.69) is 15.1 Å². The Kier molecular flexibility index (Phi) is 10.3. The molecule has 3 aromatic rings. The molecular formula is C35H41Cl2N3O7. The highest BCUT2D eigenvalue weighted by atomic mass is 35.5. The molecule has 2 aliphatic heterocycles. The topological polar surface area (TPSA) is 122 Å². The minimum atomic E-state index is -1.38. The van der Waals surface area contributed by atoms with Crippen molar-refractivity contribution in [3.63, 3.8) is 0 Å². The molecule has 2 N–H and O–H groups in total. The molecule has 0 bridgehead atoms. The number of anilines is 1. The summed E-state index contributed by atoms with van der Waals surface area (Å²) < 4.78 is 18.6. The number of ketones is 1. The number of rotatable bonds is 10. The number of nitrogens with one attached hydrogen (secondary N) is 1. The summed E-state index contributed by atoms with van der Waals surface area (Å²) in [6.45, 7) is 6.38. The van der Waals surface area contributed by atoms with Crippen molar-refractivity contribution in [2.75, 3.05) is 31.5 Å². The van der Waals surface area contributed by atoms with Gasteiger partial charge in [0.05, 0.1) is 40.5 Å². The van der Waals surface area contributed by atoms with E-state index in [1.54, 1.807) is 24.3 Å². The van der Waals surface area contributed by atoms with Gasteiger partial charge < -0.3 is 24.3 Å². The molecule has 3 atom stereocenters. The monoisotopic (exact) mass is 685 g/mol. The Morgan fingerprint density at radius 2 is 1.66 bits per heavy atom. The zero-order valence-electron chi connectivity index (χ0n) is 26.7. The van der Waals surface area contributed by atoms with Gasteiger partial charge in [0.25, 0.3) is 5.91 Å². The Labute approximate surface area is 284 Å². The Bertz CT molecular complexity index is 1620. The number of nitrogens with zero attached hydrogens (tertiary/aromatic N) is 2. The molecule has 1 unspecified atom stereocenters. The van der Waals surface area contributed by atoms with Crippen LogP contribution in [0.3, 0.4) is 0 Å². The molecule has 6 rings (SSSR count). The average molecular weight is 687 g/mol. The number of carbonyl (C=O) groups excluding carboxylic acids is 2. The van der Waals surface area contributed by atoms with Crippen LogP contribution in [-0.4, -0.2) is 82.9 Å². The summed E-state index contributed by atoms with van der Waals surface area (Å²) in [4.78, 5) is 44.0. The number of fused-ring (bicyclic) bond motifs is 1. The molecule has 0 radical (unpaired) electrons. The van der Waals surface area contributed by atoms with Crippen molar-refractivity contribution >= 4 is 57.5 Å². The highest BCUT2D eigenvalue weighted by Gasteiger charge is 2.54. The van der Waals surface area contributed by atoms with E-state index in [4.69, 9.17) is 37.1 Å². The highest BCUT2D eigenvalue weighted by molar-refractivity contribution is 6.36. The summed E-state index contributed by atoms with van der Waals surface area (Å²) in [5, 5.41) is 13.6. The fourth-order valence-electron chi connectivity index (χ4n) is 7.32. The van der Waals surface area contributed by atoms with Gasteiger partial charge in [0.2, 0.25) is 5.85 Å². The molecule has 47 heavy (non-hydrogen) atoms. The molecule has 1 aliphatic carbocycles. The minimum Gasteiger partial charge on any atom is -0.481 e. The van der Waals surface area contributed by atoms with Crippen LogP contribution in [-0.2, 0) is 25.5 Å². The van der Waals surface area contributed by atoms with Crippen LogP contribution in [0.4, 0.5) is 5.69 Å². The lowest BCUT2D eigenvalue weighted by molar-refractivity contribution is -0.274. The number of hydrogen-bond donors (Lipinski definition) is 2. The minimum absolute atomic E-state index is 0.0553. The number of likely N-dealkylation sites (tertiary alicyclic amines) is 1. The summed E-state index contributed by atoms with van der Waals surface area (Å²) in [5.74, 6) is -3.13. The van der Waals surface area contributed by atoms with Crippen molar-refractivity contribution in [2.45, 2.75) is 83.0 Å². The quantitative estimate of drug-likeness (QED) is 0.242. The van der Waals surface area contributed by atoms with Gasteiger partial charge in [-0.3, -0.25) is 24.2 Å². The SMILES string of the molecule is C[C@@H]1CN(C(OC2CCC(C(=O)O)CC2)(C(=O)Cc2cc(Cl)c(NC(=O)c3coc4ccccc34)cc2Cl)N2CCCC2)C[C@H](C)O1. The molecule has 1 saturated carbocycles. The molecule has 3 aliphatic rings. The van der Waals surface area contributed by atoms with E-state index in [1.165, 1.54) is 6.26 Å². The predicted octanol–water partition coefficient (Wildman–Crippen LogP) is 6.62. The van der Waals surface area contributed by atoms with E-state index in [9.17, 15) is 19.5 Å². The zero-order valence-corrected chi connectivity index (χ0v) is 28.2. The number of hydrogen-bond acceptors (Lipinski definition) is 8. The lowest BCUT2D eigenvalue weighted by Gasteiger charge is -2.52. The third-order valence-corrected chi connectivity index (χ3v) is 10.2. The Morgan fingerprint density at radius 1 is 0.979 bits per heavy atom. The second-order valence-electron chi connectivity index (χ2n) is 13.0. The zero-order chi connectivity index (χ0) is 33.3. The van der Waals surface area contributed by atoms with Gasteiger partial charge in [0.15, 0.2) is 5.78 Å². The van der Waals surface area contributed by atoms with Gasteiger partial charge in [-0.15, -0.1) is 0 Å². The molecule has 12 heteroatoms. The number of furan rings is 1. The van der Waals surface area contributed by atoms with Crippen LogP contribution in [0.5, 0.6) is 0 Å². The number of Topliss-reactive ketones (excluding diaryl/α,β-unsaturated/α-hetero) is 1. The molecule has 2 saturated heterocycles. The van der Waals surface area contributed by atoms with Crippen LogP contribution in [0.1, 0.15) is 68.3 Å². The lowest BCUT2D eigenvalue weighted by Crippen LogP contribution is -2.71. The number of carboxylic acids is 1. The number of benzene rings is 2. The molecule has 1 aromatic heterocycles. The smallest absolute Gasteiger partial charge is 0.306 e. The molecular weight excluding hydrogens is 645 g/mol. The number of ether oxygens (including phenoxy) is 2. The average Bonchev–Trinajstić information content (AvgIpc) is 3.73. The van der Waals surface area contributed by atoms with Gasteiger partial charge in [-0.2, -0.15) is 0 Å². The van der Waals surface area contributed by atoms with Crippen molar-refractivity contribution in [2.24, 2.45) is 5.92 Å². The second-order valence-corrected chi connectivity index (χ2v) is 13.8. The van der Waals surface area contributed by atoms with Gasteiger partial charge in [-0.1, -0.05) is 41.4 Å². The first-order valence-corrected chi connectivity index (χ1v) is 17.2.